The van der Waals surface area contributed by atoms with E-state index in [2.05, 4.69) is 32.3 Å². The smallest absolute Gasteiger partial charge is 0.0610 e. The highest BCUT2D eigenvalue weighted by atomic mass is 79.9. The lowest BCUT2D eigenvalue weighted by molar-refractivity contribution is 0.0382. The average Bonchev–Trinajstić information content (AvgIpc) is 2.64. The molecule has 0 aromatic carbocycles. The van der Waals surface area contributed by atoms with Crippen LogP contribution in [0.5, 0.6) is 0 Å². The van der Waals surface area contributed by atoms with Gasteiger partial charge in [0.25, 0.3) is 0 Å². The number of nitrogens with two attached hydrogens (primary N) is 1. The second-order valence-electron chi connectivity index (χ2n) is 5.05. The van der Waals surface area contributed by atoms with Crippen molar-refractivity contribution in [2.45, 2.75) is 38.4 Å². The summed E-state index contributed by atoms with van der Waals surface area (Å²) in [4.78, 5) is 3.37. The number of halogens is 1. The van der Waals surface area contributed by atoms with E-state index in [9.17, 15) is 5.11 Å². The van der Waals surface area contributed by atoms with Gasteiger partial charge in [0.05, 0.1) is 12.6 Å². The van der Waals surface area contributed by atoms with Crippen LogP contribution in [0.3, 0.4) is 0 Å². The van der Waals surface area contributed by atoms with Crippen molar-refractivity contribution in [3.63, 3.8) is 0 Å². The lowest BCUT2D eigenvalue weighted by Crippen LogP contribution is -2.50. The van der Waals surface area contributed by atoms with Crippen LogP contribution in [0.2, 0.25) is 0 Å². The average molecular weight is 321 g/mol. The number of nitrogens with zero attached hydrogens (tertiary/aromatic N) is 1. The normalized spacial score (nSPS) is 16.2. The summed E-state index contributed by atoms with van der Waals surface area (Å²) in [5.41, 5.74) is 5.82. The Balaban J connectivity index is 3.02. The molecule has 2 unspecified atom stereocenters. The van der Waals surface area contributed by atoms with E-state index in [4.69, 9.17) is 5.73 Å². The van der Waals surface area contributed by atoms with Crippen molar-refractivity contribution in [1.29, 1.82) is 0 Å². The lowest BCUT2D eigenvalue weighted by Gasteiger charge is -2.41. The van der Waals surface area contributed by atoms with Crippen LogP contribution in [0, 0.1) is 0 Å². The van der Waals surface area contributed by atoms with Crippen molar-refractivity contribution in [2.75, 3.05) is 13.7 Å². The van der Waals surface area contributed by atoms with Crippen LogP contribution in [0.1, 0.15) is 31.7 Å². The molecule has 0 saturated heterocycles. The van der Waals surface area contributed by atoms with Crippen LogP contribution in [0.15, 0.2) is 15.9 Å². The summed E-state index contributed by atoms with van der Waals surface area (Å²) < 4.78 is 1.08. The van der Waals surface area contributed by atoms with Gasteiger partial charge in [-0.25, -0.2) is 0 Å². The van der Waals surface area contributed by atoms with E-state index in [1.807, 2.05) is 27.8 Å². The van der Waals surface area contributed by atoms with E-state index in [1.54, 1.807) is 11.3 Å². The molecule has 1 aromatic rings. The van der Waals surface area contributed by atoms with Crippen molar-refractivity contribution >= 4 is 27.3 Å². The van der Waals surface area contributed by atoms with E-state index in [0.717, 1.165) is 4.47 Å². The van der Waals surface area contributed by atoms with Crippen LogP contribution in [-0.2, 0) is 0 Å². The Kier molecular flexibility index (Phi) is 5.16. The van der Waals surface area contributed by atoms with Crippen molar-refractivity contribution in [2.24, 2.45) is 5.73 Å². The molecule has 98 valence electrons. The molecular formula is C12H21BrN2OS. The van der Waals surface area contributed by atoms with Crippen molar-refractivity contribution < 1.29 is 5.11 Å². The predicted octanol–water partition coefficient (Wildman–Crippen LogP) is 2.60. The van der Waals surface area contributed by atoms with Gasteiger partial charge in [-0.3, -0.25) is 4.90 Å². The zero-order valence-corrected chi connectivity index (χ0v) is 13.2. The molecule has 17 heavy (non-hydrogen) atoms. The highest BCUT2D eigenvalue weighted by Gasteiger charge is 2.32. The minimum absolute atomic E-state index is 0.0105. The fourth-order valence-electron chi connectivity index (χ4n) is 1.77. The Morgan fingerprint density at radius 2 is 2.18 bits per heavy atom. The topological polar surface area (TPSA) is 49.5 Å². The summed E-state index contributed by atoms with van der Waals surface area (Å²) in [7, 11) is 2.01. The number of rotatable bonds is 5. The SMILES string of the molecule is CC(N)C(c1cc(Br)cs1)N(C)C(C)(C)CO. The van der Waals surface area contributed by atoms with Crippen LogP contribution < -0.4 is 5.73 Å². The maximum Gasteiger partial charge on any atom is 0.0610 e. The van der Waals surface area contributed by atoms with E-state index in [0.29, 0.717) is 0 Å². The fourth-order valence-corrected chi connectivity index (χ4v) is 3.48. The van der Waals surface area contributed by atoms with Gasteiger partial charge >= 0.3 is 0 Å². The Labute approximate surface area is 116 Å². The quantitative estimate of drug-likeness (QED) is 0.876. The van der Waals surface area contributed by atoms with Crippen LogP contribution in [0.4, 0.5) is 0 Å². The maximum atomic E-state index is 9.46. The molecule has 5 heteroatoms. The molecule has 3 N–H and O–H groups in total. The third-order valence-electron chi connectivity index (χ3n) is 3.14. The third kappa shape index (κ3) is 3.51. The summed E-state index contributed by atoms with van der Waals surface area (Å²) in [5, 5.41) is 11.5. The molecule has 1 heterocycles. The summed E-state index contributed by atoms with van der Waals surface area (Å²) in [6.45, 7) is 6.15. The number of likely N-dealkylation sites (N-methyl/N-ethyl adjacent to an activating group) is 1. The molecule has 0 radical (unpaired) electrons. The first kappa shape index (κ1) is 15.1. The number of aliphatic hydroxyl groups excluding tert-OH is 1. The molecule has 0 aliphatic carbocycles. The first-order valence-electron chi connectivity index (χ1n) is 5.63. The Hall–Kier alpha value is 0.0600. The third-order valence-corrected chi connectivity index (χ3v) is 4.90. The molecule has 0 aliphatic heterocycles. The second-order valence-corrected chi connectivity index (χ2v) is 6.91. The van der Waals surface area contributed by atoms with Gasteiger partial charge < -0.3 is 10.8 Å². The van der Waals surface area contributed by atoms with Crippen LogP contribution in [0.25, 0.3) is 0 Å². The summed E-state index contributed by atoms with van der Waals surface area (Å²) in [5.74, 6) is 0. The van der Waals surface area contributed by atoms with E-state index in [-0.39, 0.29) is 24.2 Å². The Morgan fingerprint density at radius 1 is 1.59 bits per heavy atom. The lowest BCUT2D eigenvalue weighted by atomic mass is 9.98. The maximum absolute atomic E-state index is 9.46. The molecule has 1 rings (SSSR count). The molecule has 0 amide bonds. The van der Waals surface area contributed by atoms with Gasteiger partial charge in [-0.15, -0.1) is 11.3 Å². The number of hydrogen-bond acceptors (Lipinski definition) is 4. The fraction of sp³-hybridized carbons (Fsp3) is 0.667. The highest BCUT2D eigenvalue weighted by molar-refractivity contribution is 9.10. The van der Waals surface area contributed by atoms with E-state index < -0.39 is 0 Å². The summed E-state index contributed by atoms with van der Waals surface area (Å²) in [6.07, 6.45) is 0. The number of hydrogen-bond donors (Lipinski definition) is 2. The standard InChI is InChI=1S/C12H21BrN2OS/c1-8(14)11(10-5-9(13)6-17-10)15(4)12(2,3)7-16/h5-6,8,11,16H,7,14H2,1-4H3. The molecule has 0 aliphatic rings. The van der Waals surface area contributed by atoms with Crippen molar-refractivity contribution in [3.8, 4) is 0 Å². The van der Waals surface area contributed by atoms with Gasteiger partial charge in [0.1, 0.15) is 0 Å². The van der Waals surface area contributed by atoms with Gasteiger partial charge in [-0.05, 0) is 49.8 Å². The molecule has 1 aromatic heterocycles. The van der Waals surface area contributed by atoms with E-state index in [1.165, 1.54) is 4.88 Å². The van der Waals surface area contributed by atoms with Gasteiger partial charge in [0, 0.05) is 26.3 Å². The van der Waals surface area contributed by atoms with Crippen LogP contribution >= 0.6 is 27.3 Å². The summed E-state index contributed by atoms with van der Waals surface area (Å²) >= 11 is 5.16. The Bertz CT molecular complexity index is 365. The highest BCUT2D eigenvalue weighted by Crippen LogP contribution is 2.34. The van der Waals surface area contributed by atoms with Crippen LogP contribution in [-0.4, -0.2) is 35.2 Å². The van der Waals surface area contributed by atoms with Crippen molar-refractivity contribution in [3.05, 3.63) is 20.8 Å². The molecule has 3 nitrogen and oxygen atoms in total. The molecular weight excluding hydrogens is 300 g/mol. The predicted molar refractivity (Wildman–Crippen MR) is 77.3 cm³/mol. The monoisotopic (exact) mass is 320 g/mol. The Morgan fingerprint density at radius 3 is 2.53 bits per heavy atom. The molecule has 0 saturated carbocycles. The zero-order chi connectivity index (χ0) is 13.2. The van der Waals surface area contributed by atoms with Gasteiger partial charge in [0.15, 0.2) is 0 Å². The van der Waals surface area contributed by atoms with Crippen molar-refractivity contribution in [1.82, 2.24) is 4.90 Å². The molecule has 0 fully saturated rings. The first-order chi connectivity index (χ1) is 7.79. The largest absolute Gasteiger partial charge is 0.394 e. The van der Waals surface area contributed by atoms with Gasteiger partial charge in [-0.2, -0.15) is 0 Å². The van der Waals surface area contributed by atoms with Gasteiger partial charge in [-0.1, -0.05) is 0 Å². The molecule has 0 bridgehead atoms. The first-order valence-corrected chi connectivity index (χ1v) is 7.30. The summed E-state index contributed by atoms with van der Waals surface area (Å²) in [6, 6.07) is 2.23. The minimum atomic E-state index is -0.283. The second kappa shape index (κ2) is 5.80. The molecule has 2 atom stereocenters. The number of thiophene rings is 1. The molecule has 0 spiro atoms. The number of aliphatic hydroxyl groups is 1. The van der Waals surface area contributed by atoms with Gasteiger partial charge in [0.2, 0.25) is 0 Å². The zero-order valence-electron chi connectivity index (χ0n) is 10.8. The minimum Gasteiger partial charge on any atom is -0.394 e. The van der Waals surface area contributed by atoms with E-state index >= 15 is 0 Å².